The molecule has 1 aliphatic rings. The predicted molar refractivity (Wildman–Crippen MR) is 121 cm³/mol. The van der Waals surface area contributed by atoms with E-state index in [0.717, 1.165) is 16.6 Å². The summed E-state index contributed by atoms with van der Waals surface area (Å²) in [4.78, 5) is 30.9. The molecular formula is C23H25FN6O2. The van der Waals surface area contributed by atoms with E-state index in [2.05, 4.69) is 25.3 Å². The van der Waals surface area contributed by atoms with Crippen LogP contribution < -0.4 is 10.2 Å². The molecule has 3 heterocycles. The molecule has 0 saturated carbocycles. The van der Waals surface area contributed by atoms with Crippen molar-refractivity contribution in [1.82, 2.24) is 20.3 Å². The normalized spacial score (nSPS) is 16.6. The third-order valence-corrected chi connectivity index (χ3v) is 4.92. The Labute approximate surface area is 185 Å². The summed E-state index contributed by atoms with van der Waals surface area (Å²) < 4.78 is 20.1. The van der Waals surface area contributed by atoms with E-state index in [0.29, 0.717) is 30.9 Å². The van der Waals surface area contributed by atoms with Crippen LogP contribution in [-0.2, 0) is 4.74 Å². The number of ether oxygens (including phenoxy) is 1. The lowest BCUT2D eigenvalue weighted by Gasteiger charge is -2.23. The average molecular weight is 436 g/mol. The van der Waals surface area contributed by atoms with Gasteiger partial charge in [-0.25, -0.2) is 9.18 Å². The van der Waals surface area contributed by atoms with Crippen molar-refractivity contribution in [3.63, 3.8) is 0 Å². The number of halogens is 1. The predicted octanol–water partition coefficient (Wildman–Crippen LogP) is 4.02. The van der Waals surface area contributed by atoms with Gasteiger partial charge in [0.15, 0.2) is 5.82 Å². The number of hydrogen-bond acceptors (Lipinski definition) is 7. The smallest absolute Gasteiger partial charge is 0.407 e. The van der Waals surface area contributed by atoms with Crippen molar-refractivity contribution >= 4 is 34.7 Å². The summed E-state index contributed by atoms with van der Waals surface area (Å²) >= 11 is 0. The van der Waals surface area contributed by atoms with E-state index >= 15 is 0 Å². The number of aliphatic imine (C=N–C) groups is 1. The third-order valence-electron chi connectivity index (χ3n) is 4.92. The van der Waals surface area contributed by atoms with Gasteiger partial charge in [0.2, 0.25) is 0 Å². The van der Waals surface area contributed by atoms with Crippen molar-refractivity contribution in [2.24, 2.45) is 4.99 Å². The van der Waals surface area contributed by atoms with Crippen LogP contribution in [0.2, 0.25) is 0 Å². The number of aromatic nitrogens is 3. The Morgan fingerprint density at radius 1 is 1.25 bits per heavy atom. The third kappa shape index (κ3) is 5.16. The van der Waals surface area contributed by atoms with Crippen LogP contribution in [0.3, 0.4) is 0 Å². The molecule has 0 bridgehead atoms. The Balaban J connectivity index is 1.50. The standard InChI is InChI=1S/C23H25FN6O2/c1-23(2,3)32-22(31)29-16-6-9-30(14-16)21-17(24)12-25-13-20(21)28-11-15-4-5-18-19(10-15)27-8-7-26-18/h4-5,7-8,10-13,16H,6,9,14H2,1-3H3,(H,29,31)/t16-/m1/s1. The van der Waals surface area contributed by atoms with Crippen molar-refractivity contribution in [2.75, 3.05) is 18.0 Å². The zero-order valence-electron chi connectivity index (χ0n) is 18.2. The SMILES string of the molecule is CC(C)(C)OC(=O)N[C@@H]1CCN(c2c(F)cncc2N=Cc2ccc3nccnc3c2)C1. The van der Waals surface area contributed by atoms with E-state index in [1.807, 2.05) is 43.9 Å². The highest BCUT2D eigenvalue weighted by molar-refractivity contribution is 5.89. The highest BCUT2D eigenvalue weighted by atomic mass is 19.1. The van der Waals surface area contributed by atoms with Crippen molar-refractivity contribution in [1.29, 1.82) is 0 Å². The van der Waals surface area contributed by atoms with Crippen molar-refractivity contribution in [3.8, 4) is 0 Å². The zero-order valence-corrected chi connectivity index (χ0v) is 18.2. The first-order valence-corrected chi connectivity index (χ1v) is 10.4. The molecule has 1 aromatic carbocycles. The van der Waals surface area contributed by atoms with Gasteiger partial charge in [0, 0.05) is 31.7 Å². The molecule has 1 N–H and O–H groups in total. The van der Waals surface area contributed by atoms with Gasteiger partial charge in [0.05, 0.1) is 29.5 Å². The number of nitrogens with one attached hydrogen (secondary N) is 1. The molecule has 3 aromatic rings. The summed E-state index contributed by atoms with van der Waals surface area (Å²) in [5, 5.41) is 2.86. The molecule has 9 heteroatoms. The van der Waals surface area contributed by atoms with Gasteiger partial charge in [-0.1, -0.05) is 6.07 Å². The fourth-order valence-corrected chi connectivity index (χ4v) is 3.59. The van der Waals surface area contributed by atoms with Crippen LogP contribution in [0.1, 0.15) is 32.8 Å². The number of pyridine rings is 1. The quantitative estimate of drug-likeness (QED) is 0.621. The van der Waals surface area contributed by atoms with Gasteiger partial charge in [-0.3, -0.25) is 19.9 Å². The number of rotatable bonds is 4. The van der Waals surface area contributed by atoms with Gasteiger partial charge < -0.3 is 15.0 Å². The van der Waals surface area contributed by atoms with Crippen molar-refractivity contribution in [3.05, 3.63) is 54.4 Å². The number of nitrogens with zero attached hydrogens (tertiary/aromatic N) is 5. The largest absolute Gasteiger partial charge is 0.444 e. The van der Waals surface area contributed by atoms with E-state index in [4.69, 9.17) is 4.74 Å². The minimum atomic E-state index is -0.574. The zero-order chi connectivity index (χ0) is 22.7. The van der Waals surface area contributed by atoms with Gasteiger partial charge in [0.1, 0.15) is 17.0 Å². The van der Waals surface area contributed by atoms with Crippen LogP contribution in [0.15, 0.2) is 48.0 Å². The van der Waals surface area contributed by atoms with E-state index in [1.165, 1.54) is 12.4 Å². The minimum absolute atomic E-state index is 0.145. The maximum absolute atomic E-state index is 14.7. The maximum Gasteiger partial charge on any atom is 0.407 e. The summed E-state index contributed by atoms with van der Waals surface area (Å²) in [6.07, 6.45) is 7.83. The van der Waals surface area contributed by atoms with Crippen LogP contribution >= 0.6 is 0 Å². The molecular weight excluding hydrogens is 411 g/mol. The number of fused-ring (bicyclic) bond motifs is 1. The van der Waals surface area contributed by atoms with Gasteiger partial charge in [-0.05, 0) is 44.9 Å². The molecule has 1 saturated heterocycles. The highest BCUT2D eigenvalue weighted by Gasteiger charge is 2.29. The first kappa shape index (κ1) is 21.6. The minimum Gasteiger partial charge on any atom is -0.444 e. The summed E-state index contributed by atoms with van der Waals surface area (Å²) in [5.41, 5.74) is 2.57. The number of benzene rings is 1. The van der Waals surface area contributed by atoms with Gasteiger partial charge in [-0.2, -0.15) is 0 Å². The molecule has 0 spiro atoms. The first-order valence-electron chi connectivity index (χ1n) is 10.4. The van der Waals surface area contributed by atoms with Gasteiger partial charge >= 0.3 is 6.09 Å². The molecule has 32 heavy (non-hydrogen) atoms. The number of carbonyl (C=O) groups excluding carboxylic acids is 1. The van der Waals surface area contributed by atoms with Crippen molar-refractivity contribution < 1.29 is 13.9 Å². The molecule has 0 aliphatic carbocycles. The average Bonchev–Trinajstić information content (AvgIpc) is 3.18. The second kappa shape index (κ2) is 8.86. The van der Waals surface area contributed by atoms with Gasteiger partial charge in [-0.15, -0.1) is 0 Å². The summed E-state index contributed by atoms with van der Waals surface area (Å²) in [7, 11) is 0. The molecule has 4 rings (SSSR count). The number of alkyl carbamates (subject to hydrolysis) is 1. The summed E-state index contributed by atoms with van der Waals surface area (Å²) in [6.45, 7) is 6.47. The summed E-state index contributed by atoms with van der Waals surface area (Å²) in [5.74, 6) is -0.457. The topological polar surface area (TPSA) is 92.6 Å². The second-order valence-corrected chi connectivity index (χ2v) is 8.63. The Morgan fingerprint density at radius 2 is 2.03 bits per heavy atom. The molecule has 1 atom stereocenters. The molecule has 1 aliphatic heterocycles. The monoisotopic (exact) mass is 436 g/mol. The fourth-order valence-electron chi connectivity index (χ4n) is 3.59. The molecule has 1 fully saturated rings. The lowest BCUT2D eigenvalue weighted by atomic mass is 10.2. The summed E-state index contributed by atoms with van der Waals surface area (Å²) in [6, 6.07) is 5.47. The van der Waals surface area contributed by atoms with Gasteiger partial charge in [0.25, 0.3) is 0 Å². The molecule has 0 unspecified atom stereocenters. The molecule has 0 radical (unpaired) electrons. The molecule has 8 nitrogen and oxygen atoms in total. The number of anilines is 1. The van der Waals surface area contributed by atoms with Crippen LogP contribution in [0.25, 0.3) is 11.0 Å². The Hall–Kier alpha value is -3.62. The van der Waals surface area contributed by atoms with Crippen molar-refractivity contribution in [2.45, 2.75) is 38.8 Å². The lowest BCUT2D eigenvalue weighted by molar-refractivity contribution is 0.0509. The molecule has 2 aromatic heterocycles. The Morgan fingerprint density at radius 3 is 2.81 bits per heavy atom. The molecule has 166 valence electrons. The Kier molecular flexibility index (Phi) is 5.98. The lowest BCUT2D eigenvalue weighted by Crippen LogP contribution is -2.40. The van der Waals surface area contributed by atoms with E-state index in [-0.39, 0.29) is 6.04 Å². The fraction of sp³-hybridized carbons (Fsp3) is 0.348. The van der Waals surface area contributed by atoms with E-state index in [9.17, 15) is 9.18 Å². The van der Waals surface area contributed by atoms with Crippen LogP contribution in [0.4, 0.5) is 20.6 Å². The number of hydrogen-bond donors (Lipinski definition) is 1. The van der Waals surface area contributed by atoms with E-state index in [1.54, 1.807) is 18.6 Å². The van der Waals surface area contributed by atoms with E-state index < -0.39 is 17.5 Å². The Bertz CT molecular complexity index is 1160. The molecule has 1 amide bonds. The maximum atomic E-state index is 14.7. The van der Waals surface area contributed by atoms with Crippen LogP contribution in [0, 0.1) is 5.82 Å². The van der Waals surface area contributed by atoms with Crippen LogP contribution in [-0.4, -0.2) is 52.0 Å². The number of amides is 1. The first-order chi connectivity index (χ1) is 15.3. The highest BCUT2D eigenvalue weighted by Crippen LogP contribution is 2.33. The second-order valence-electron chi connectivity index (χ2n) is 8.63. The van der Waals surface area contributed by atoms with Crippen LogP contribution in [0.5, 0.6) is 0 Å². The number of carbonyl (C=O) groups is 1.